The summed E-state index contributed by atoms with van der Waals surface area (Å²) in [5.41, 5.74) is 40.3. The van der Waals surface area contributed by atoms with E-state index in [1.165, 1.54) is 58.6 Å². The molecule has 11 N–H and O–H groups in total. The van der Waals surface area contributed by atoms with E-state index in [4.69, 9.17) is 17.2 Å². The van der Waals surface area contributed by atoms with E-state index in [9.17, 15) is 0 Å². The summed E-state index contributed by atoms with van der Waals surface area (Å²) in [5, 5.41) is 5.50. The first-order valence-electron chi connectivity index (χ1n) is 19.8. The van der Waals surface area contributed by atoms with Crippen molar-refractivity contribution in [1.29, 1.82) is 0 Å². The maximum Gasteiger partial charge on any atom is 0.0648 e. The Morgan fingerprint density at radius 3 is 1.53 bits per heavy atom. The van der Waals surface area contributed by atoms with Crippen LogP contribution in [-0.4, -0.2) is 20.6 Å². The van der Waals surface area contributed by atoms with Crippen molar-refractivity contribution in [3.63, 3.8) is 0 Å². The second-order valence-electron chi connectivity index (χ2n) is 13.2. The number of allylic oxidation sites excluding steroid dienone is 3. The molecule has 0 radical (unpaired) electrons. The zero-order chi connectivity index (χ0) is 42.8. The molecule has 0 spiro atoms. The quantitative estimate of drug-likeness (QED) is 0.0563. The minimum atomic E-state index is 0.605. The molecular formula is C53H62N6. The highest BCUT2D eigenvalue weighted by atomic mass is 14.9. The highest BCUT2D eigenvalue weighted by Crippen LogP contribution is 2.40. The van der Waals surface area contributed by atoms with E-state index in [0.717, 1.165) is 35.0 Å². The van der Waals surface area contributed by atoms with E-state index >= 15 is 0 Å². The van der Waals surface area contributed by atoms with Gasteiger partial charge in [-0.25, -0.2) is 0 Å². The van der Waals surface area contributed by atoms with Gasteiger partial charge in [-0.3, -0.25) is 0 Å². The van der Waals surface area contributed by atoms with Crippen LogP contribution in [0.25, 0.3) is 39.1 Å². The topological polar surface area (TPSA) is 142 Å². The highest BCUT2D eigenvalue weighted by molar-refractivity contribution is 6.10. The molecule has 1 aliphatic heterocycles. The van der Waals surface area contributed by atoms with Gasteiger partial charge in [0.1, 0.15) is 0 Å². The monoisotopic (exact) mass is 783 g/mol. The standard InChI is InChI=1S/C19H16.C14H15N.C13H13N3.C5H8.2CH5N/c1-3-7-16(8-4-1)15-17-11-13-19(14-12-17)18-9-5-2-6-10-18;1-11-2-6-13(7-3-11)14-8-4-12(10-15)5-9-14;14-11-8-4-1-2-5-9(8)13-10(12(11)15)6-3-7-16-13;1-3-5-4-2;2*1-2/h1-14H,15H2;2-9H,10,15H2,1H3;1-6,16H,7,14-15H2;3-5H,1H2,2H3;2*2H2,1H3/b;;;5-4-;;. The number of rotatable bonds is 6. The molecule has 6 nitrogen and oxygen atoms in total. The second kappa shape index (κ2) is 26.3. The van der Waals surface area contributed by atoms with Crippen LogP contribution in [0.4, 0.5) is 17.1 Å². The smallest absolute Gasteiger partial charge is 0.0648 e. The van der Waals surface area contributed by atoms with E-state index in [0.29, 0.717) is 17.9 Å². The molecular weight excluding hydrogens is 721 g/mol. The Hall–Kier alpha value is -6.70. The maximum atomic E-state index is 6.06. The summed E-state index contributed by atoms with van der Waals surface area (Å²) in [6.45, 7) is 8.96. The van der Waals surface area contributed by atoms with Crippen LogP contribution in [0.15, 0.2) is 189 Å². The summed E-state index contributed by atoms with van der Waals surface area (Å²) in [7, 11) is 3.00. The number of nitrogens with two attached hydrogens (primary N) is 5. The van der Waals surface area contributed by atoms with Gasteiger partial charge in [-0.05, 0) is 73.3 Å². The fourth-order valence-corrected chi connectivity index (χ4v) is 6.20. The zero-order valence-corrected chi connectivity index (χ0v) is 35.1. The first-order valence-corrected chi connectivity index (χ1v) is 19.8. The van der Waals surface area contributed by atoms with E-state index in [-0.39, 0.29) is 0 Å². The van der Waals surface area contributed by atoms with Crippen LogP contribution in [0, 0.1) is 6.92 Å². The normalized spacial score (nSPS) is 10.6. The summed E-state index contributed by atoms with van der Waals surface area (Å²) in [4.78, 5) is 0. The third-order valence-electron chi connectivity index (χ3n) is 9.23. The molecule has 7 aromatic rings. The van der Waals surface area contributed by atoms with Crippen LogP contribution in [0.5, 0.6) is 0 Å². The molecule has 0 saturated carbocycles. The van der Waals surface area contributed by atoms with Crippen molar-refractivity contribution in [2.45, 2.75) is 26.8 Å². The van der Waals surface area contributed by atoms with Gasteiger partial charge in [-0.2, -0.15) is 0 Å². The average molecular weight is 783 g/mol. The van der Waals surface area contributed by atoms with Crippen LogP contribution >= 0.6 is 0 Å². The van der Waals surface area contributed by atoms with Crippen LogP contribution in [0.2, 0.25) is 0 Å². The number of anilines is 3. The maximum absolute atomic E-state index is 6.06. The molecule has 0 atom stereocenters. The highest BCUT2D eigenvalue weighted by Gasteiger charge is 2.15. The van der Waals surface area contributed by atoms with Gasteiger partial charge in [0.2, 0.25) is 0 Å². The summed E-state index contributed by atoms with van der Waals surface area (Å²) < 4.78 is 0. The molecule has 8 rings (SSSR count). The summed E-state index contributed by atoms with van der Waals surface area (Å²) in [6, 6.07) is 54.9. The van der Waals surface area contributed by atoms with Gasteiger partial charge in [-0.1, -0.05) is 200 Å². The average Bonchev–Trinajstić information content (AvgIpc) is 3.32. The molecule has 0 unspecified atom stereocenters. The van der Waals surface area contributed by atoms with Crippen LogP contribution in [-0.2, 0) is 13.0 Å². The molecule has 1 aliphatic rings. The van der Waals surface area contributed by atoms with E-state index in [1.807, 2.05) is 55.5 Å². The zero-order valence-electron chi connectivity index (χ0n) is 35.1. The lowest BCUT2D eigenvalue weighted by atomic mass is 9.98. The van der Waals surface area contributed by atoms with Crippen molar-refractivity contribution in [3.05, 3.63) is 216 Å². The van der Waals surface area contributed by atoms with Gasteiger partial charge >= 0.3 is 0 Å². The first-order chi connectivity index (χ1) is 28.9. The number of nitrogens with one attached hydrogen (secondary N) is 1. The van der Waals surface area contributed by atoms with Crippen molar-refractivity contribution in [3.8, 4) is 22.3 Å². The van der Waals surface area contributed by atoms with Gasteiger partial charge < -0.3 is 34.0 Å². The van der Waals surface area contributed by atoms with Gasteiger partial charge in [0.05, 0.1) is 17.1 Å². The Labute approximate surface area is 352 Å². The van der Waals surface area contributed by atoms with Crippen LogP contribution < -0.4 is 34.0 Å². The van der Waals surface area contributed by atoms with Crippen molar-refractivity contribution in [2.75, 3.05) is 37.4 Å². The second-order valence-corrected chi connectivity index (χ2v) is 13.2. The lowest BCUT2D eigenvalue weighted by molar-refractivity contribution is 1.07. The Morgan fingerprint density at radius 1 is 0.559 bits per heavy atom. The minimum absolute atomic E-state index is 0.605. The Balaban J connectivity index is 0.000000216. The van der Waals surface area contributed by atoms with E-state index < -0.39 is 0 Å². The molecule has 0 amide bonds. The summed E-state index contributed by atoms with van der Waals surface area (Å²) in [5.74, 6) is 0. The Bertz CT molecular complexity index is 2300. The Morgan fingerprint density at radius 2 is 1.02 bits per heavy atom. The number of aryl methyl sites for hydroxylation is 1. The van der Waals surface area contributed by atoms with Crippen molar-refractivity contribution < 1.29 is 0 Å². The molecule has 0 fully saturated rings. The molecule has 6 heteroatoms. The molecule has 304 valence electrons. The molecule has 7 aromatic carbocycles. The van der Waals surface area contributed by atoms with E-state index in [2.05, 4.69) is 164 Å². The van der Waals surface area contributed by atoms with Gasteiger partial charge in [0, 0.05) is 29.4 Å². The first kappa shape index (κ1) is 46.7. The molecule has 0 aliphatic carbocycles. The number of benzene rings is 7. The van der Waals surface area contributed by atoms with Crippen molar-refractivity contribution in [2.24, 2.45) is 17.2 Å². The van der Waals surface area contributed by atoms with Crippen LogP contribution in [0.3, 0.4) is 0 Å². The molecule has 0 aromatic heterocycles. The molecule has 59 heavy (non-hydrogen) atoms. The molecule has 1 heterocycles. The van der Waals surface area contributed by atoms with Gasteiger partial charge in [0.15, 0.2) is 0 Å². The van der Waals surface area contributed by atoms with Crippen molar-refractivity contribution in [1.82, 2.24) is 0 Å². The Kier molecular flexibility index (Phi) is 20.8. The fraction of sp³-hybridized carbons (Fsp3) is 0.132. The number of hydrogen-bond donors (Lipinski definition) is 6. The summed E-state index contributed by atoms with van der Waals surface area (Å²) in [6.07, 6.45) is 10.7. The minimum Gasteiger partial charge on any atom is -0.397 e. The lowest BCUT2D eigenvalue weighted by Gasteiger charge is -2.19. The number of nitrogen functional groups attached to an aromatic ring is 2. The van der Waals surface area contributed by atoms with Crippen molar-refractivity contribution >= 4 is 33.9 Å². The number of hydrogen-bond acceptors (Lipinski definition) is 6. The van der Waals surface area contributed by atoms with Gasteiger partial charge in [-0.15, -0.1) is 0 Å². The summed E-state index contributed by atoms with van der Waals surface area (Å²) >= 11 is 0. The lowest BCUT2D eigenvalue weighted by Crippen LogP contribution is -2.09. The fourth-order valence-electron chi connectivity index (χ4n) is 6.20. The SMILES string of the molecule is C=C/C=C\C.CN.CN.Cc1ccc(-c2ccc(CN)cc2)cc1.Nc1c2c(c3ccccc3c1N)NCC=C2.c1ccc(Cc2ccc(-c3ccccc3)cc2)cc1. The largest absolute Gasteiger partial charge is 0.397 e. The number of fused-ring (bicyclic) bond motifs is 3. The molecule has 0 bridgehead atoms. The third kappa shape index (κ3) is 14.3. The predicted molar refractivity (Wildman–Crippen MR) is 261 cm³/mol. The van der Waals surface area contributed by atoms with Gasteiger partial charge in [0.25, 0.3) is 0 Å². The van der Waals surface area contributed by atoms with Crippen LogP contribution in [0.1, 0.15) is 34.7 Å². The molecule has 0 saturated heterocycles. The third-order valence-corrected chi connectivity index (χ3v) is 9.23. The predicted octanol–water partition coefficient (Wildman–Crippen LogP) is 11.4. The van der Waals surface area contributed by atoms with E-state index in [1.54, 1.807) is 6.08 Å².